The summed E-state index contributed by atoms with van der Waals surface area (Å²) in [4.78, 5) is 57.8. The number of hydrogen-bond acceptors (Lipinski definition) is 7. The SMILES string of the molecule is CCOC(=O)C1(c2cnc3c(n2)c(=O)n(C)c(=O)n3C)CCCC1=O. The van der Waals surface area contributed by atoms with Gasteiger partial charge < -0.3 is 4.74 Å². The second kappa shape index (κ2) is 5.91. The number of aromatic nitrogens is 4. The molecule has 9 heteroatoms. The zero-order chi connectivity index (χ0) is 18.4. The molecular weight excluding hydrogens is 328 g/mol. The Balaban J connectivity index is 2.31. The van der Waals surface area contributed by atoms with Crippen molar-refractivity contribution in [3.63, 3.8) is 0 Å². The average molecular weight is 346 g/mol. The molecule has 1 unspecified atom stereocenters. The van der Waals surface area contributed by atoms with E-state index >= 15 is 0 Å². The van der Waals surface area contributed by atoms with Crippen molar-refractivity contribution in [2.45, 2.75) is 31.6 Å². The summed E-state index contributed by atoms with van der Waals surface area (Å²) in [5.41, 5.74) is -2.56. The second-order valence-electron chi connectivity index (χ2n) is 6.04. The minimum Gasteiger partial charge on any atom is -0.465 e. The van der Waals surface area contributed by atoms with Gasteiger partial charge in [-0.05, 0) is 19.8 Å². The van der Waals surface area contributed by atoms with Crippen LogP contribution in [-0.4, -0.2) is 37.5 Å². The van der Waals surface area contributed by atoms with Crippen LogP contribution in [0.3, 0.4) is 0 Å². The third kappa shape index (κ3) is 2.30. The molecule has 0 amide bonds. The van der Waals surface area contributed by atoms with E-state index in [1.807, 2.05) is 0 Å². The van der Waals surface area contributed by atoms with E-state index in [1.165, 1.54) is 24.9 Å². The minimum absolute atomic E-state index is 0.0644. The molecule has 0 radical (unpaired) electrons. The number of ether oxygens (including phenoxy) is 1. The molecule has 2 heterocycles. The van der Waals surface area contributed by atoms with Gasteiger partial charge in [-0.3, -0.25) is 23.5 Å². The second-order valence-corrected chi connectivity index (χ2v) is 6.04. The standard InChI is InChI=1S/C16H18N4O5/c1-4-25-14(23)16(7-5-6-10(16)21)9-8-17-12-11(18-9)13(22)20(3)15(24)19(12)2/h8H,4-7H2,1-3H3. The molecule has 2 aromatic rings. The van der Waals surface area contributed by atoms with Crippen molar-refractivity contribution in [2.75, 3.05) is 6.61 Å². The van der Waals surface area contributed by atoms with E-state index < -0.39 is 22.6 Å². The van der Waals surface area contributed by atoms with Crippen LogP contribution >= 0.6 is 0 Å². The van der Waals surface area contributed by atoms with Gasteiger partial charge in [0, 0.05) is 20.5 Å². The first-order valence-corrected chi connectivity index (χ1v) is 7.98. The van der Waals surface area contributed by atoms with Crippen LogP contribution in [0.25, 0.3) is 11.2 Å². The van der Waals surface area contributed by atoms with Gasteiger partial charge in [-0.15, -0.1) is 0 Å². The highest BCUT2D eigenvalue weighted by molar-refractivity contribution is 6.10. The van der Waals surface area contributed by atoms with E-state index in [4.69, 9.17) is 4.74 Å². The fourth-order valence-electron chi connectivity index (χ4n) is 3.25. The van der Waals surface area contributed by atoms with Gasteiger partial charge in [0.05, 0.1) is 18.5 Å². The topological polar surface area (TPSA) is 113 Å². The first-order valence-electron chi connectivity index (χ1n) is 7.98. The van der Waals surface area contributed by atoms with Crippen LogP contribution in [0.4, 0.5) is 0 Å². The molecule has 1 saturated carbocycles. The molecule has 0 aliphatic heterocycles. The lowest BCUT2D eigenvalue weighted by Gasteiger charge is -2.24. The Morgan fingerprint density at radius 3 is 2.60 bits per heavy atom. The summed E-state index contributed by atoms with van der Waals surface area (Å²) < 4.78 is 7.20. The van der Waals surface area contributed by atoms with Crippen LogP contribution in [0.2, 0.25) is 0 Å². The number of rotatable bonds is 3. The zero-order valence-corrected chi connectivity index (χ0v) is 14.2. The van der Waals surface area contributed by atoms with Gasteiger partial charge in [0.25, 0.3) is 5.56 Å². The van der Waals surface area contributed by atoms with Crippen LogP contribution in [0.5, 0.6) is 0 Å². The van der Waals surface area contributed by atoms with Crippen LogP contribution < -0.4 is 11.2 Å². The first kappa shape index (κ1) is 17.0. The van der Waals surface area contributed by atoms with Crippen molar-refractivity contribution >= 4 is 22.9 Å². The minimum atomic E-state index is -1.53. The van der Waals surface area contributed by atoms with E-state index in [0.29, 0.717) is 6.42 Å². The molecule has 25 heavy (non-hydrogen) atoms. The average Bonchev–Trinajstić information content (AvgIpc) is 3.00. The van der Waals surface area contributed by atoms with Gasteiger partial charge in [-0.25, -0.2) is 14.8 Å². The summed E-state index contributed by atoms with van der Waals surface area (Å²) in [6, 6.07) is 0. The predicted octanol–water partition coefficient (Wildman–Crippen LogP) is -0.419. The van der Waals surface area contributed by atoms with Crippen molar-refractivity contribution < 1.29 is 14.3 Å². The van der Waals surface area contributed by atoms with Gasteiger partial charge >= 0.3 is 11.7 Å². The number of aryl methyl sites for hydroxylation is 1. The van der Waals surface area contributed by atoms with Gasteiger partial charge in [0.15, 0.2) is 22.4 Å². The van der Waals surface area contributed by atoms with Gasteiger partial charge in [-0.1, -0.05) is 0 Å². The third-order valence-electron chi connectivity index (χ3n) is 4.64. The number of carbonyl (C=O) groups is 2. The van der Waals surface area contributed by atoms with Crippen molar-refractivity contribution in [1.29, 1.82) is 0 Å². The number of esters is 1. The molecule has 0 aromatic carbocycles. The number of Topliss-reactive ketones (excluding diaryl/α,β-unsaturated/α-hetero) is 1. The summed E-state index contributed by atoms with van der Waals surface area (Å²) in [5, 5.41) is 0. The van der Waals surface area contributed by atoms with E-state index in [9.17, 15) is 19.2 Å². The molecule has 1 atom stereocenters. The highest BCUT2D eigenvalue weighted by atomic mass is 16.5. The summed E-state index contributed by atoms with van der Waals surface area (Å²) in [6.45, 7) is 1.79. The molecule has 1 fully saturated rings. The molecule has 0 spiro atoms. The maximum atomic E-state index is 12.5. The van der Waals surface area contributed by atoms with E-state index in [2.05, 4.69) is 9.97 Å². The van der Waals surface area contributed by atoms with Crippen molar-refractivity contribution in [3.05, 3.63) is 32.7 Å². The van der Waals surface area contributed by atoms with Gasteiger partial charge in [0.2, 0.25) is 0 Å². The van der Waals surface area contributed by atoms with Gasteiger partial charge in [0.1, 0.15) is 0 Å². The van der Waals surface area contributed by atoms with E-state index in [0.717, 1.165) is 4.57 Å². The monoisotopic (exact) mass is 346 g/mol. The van der Waals surface area contributed by atoms with Crippen LogP contribution in [0.15, 0.2) is 15.8 Å². The number of ketones is 1. The first-order chi connectivity index (χ1) is 11.8. The number of hydrogen-bond donors (Lipinski definition) is 0. The molecule has 1 aliphatic rings. The fourth-order valence-corrected chi connectivity index (χ4v) is 3.25. The zero-order valence-electron chi connectivity index (χ0n) is 14.2. The van der Waals surface area contributed by atoms with Crippen LogP contribution in [0, 0.1) is 0 Å². The quantitative estimate of drug-likeness (QED) is 0.548. The predicted molar refractivity (Wildman–Crippen MR) is 87.2 cm³/mol. The fraction of sp³-hybridized carbons (Fsp3) is 0.500. The largest absolute Gasteiger partial charge is 0.465 e. The van der Waals surface area contributed by atoms with Crippen LogP contribution in [0.1, 0.15) is 31.9 Å². The molecule has 1 aliphatic carbocycles. The smallest absolute Gasteiger partial charge is 0.332 e. The van der Waals surface area contributed by atoms with Crippen molar-refractivity contribution in [2.24, 2.45) is 14.1 Å². The number of nitrogens with zero attached hydrogens (tertiary/aromatic N) is 4. The third-order valence-corrected chi connectivity index (χ3v) is 4.64. The molecule has 0 bridgehead atoms. The van der Waals surface area contributed by atoms with Crippen LogP contribution in [-0.2, 0) is 33.8 Å². The Kier molecular flexibility index (Phi) is 4.02. The Morgan fingerprint density at radius 1 is 1.28 bits per heavy atom. The number of carbonyl (C=O) groups excluding carboxylic acids is 2. The molecule has 132 valence electrons. The molecule has 0 N–H and O–H groups in total. The lowest BCUT2D eigenvalue weighted by atomic mass is 9.82. The van der Waals surface area contributed by atoms with Crippen molar-refractivity contribution in [3.8, 4) is 0 Å². The highest BCUT2D eigenvalue weighted by Gasteiger charge is 2.53. The van der Waals surface area contributed by atoms with E-state index in [-0.39, 0.29) is 42.1 Å². The lowest BCUT2D eigenvalue weighted by molar-refractivity contribution is -0.153. The normalized spacial score (nSPS) is 20.2. The Bertz CT molecular complexity index is 1010. The Hall–Kier alpha value is -2.84. The lowest BCUT2D eigenvalue weighted by Crippen LogP contribution is -2.43. The maximum absolute atomic E-state index is 12.5. The highest BCUT2D eigenvalue weighted by Crippen LogP contribution is 2.38. The maximum Gasteiger partial charge on any atom is 0.332 e. The molecule has 0 saturated heterocycles. The molecular formula is C16H18N4O5. The molecule has 9 nitrogen and oxygen atoms in total. The summed E-state index contributed by atoms with van der Waals surface area (Å²) in [5.74, 6) is -0.964. The Labute approximate surface area is 142 Å². The van der Waals surface area contributed by atoms with E-state index in [1.54, 1.807) is 6.92 Å². The summed E-state index contributed by atoms with van der Waals surface area (Å²) in [7, 11) is 2.81. The summed E-state index contributed by atoms with van der Waals surface area (Å²) >= 11 is 0. The number of fused-ring (bicyclic) bond motifs is 1. The van der Waals surface area contributed by atoms with Crippen molar-refractivity contribution in [1.82, 2.24) is 19.1 Å². The molecule has 3 rings (SSSR count). The van der Waals surface area contributed by atoms with Gasteiger partial charge in [-0.2, -0.15) is 0 Å². The Morgan fingerprint density at radius 2 is 2.00 bits per heavy atom. The summed E-state index contributed by atoms with van der Waals surface area (Å²) in [6.07, 6.45) is 2.31. The molecule has 2 aromatic heterocycles.